The van der Waals surface area contributed by atoms with Crippen molar-refractivity contribution in [1.29, 1.82) is 0 Å². The molecule has 1 aromatic carbocycles. The lowest BCUT2D eigenvalue weighted by molar-refractivity contribution is 0.419. The Bertz CT molecular complexity index is 1090. The molecule has 1 aliphatic carbocycles. The normalized spacial score (nSPS) is 15.2. The van der Waals surface area contributed by atoms with Gasteiger partial charge in [-0.05, 0) is 25.3 Å². The van der Waals surface area contributed by atoms with E-state index in [4.69, 9.17) is 4.74 Å². The van der Waals surface area contributed by atoms with E-state index in [1.165, 1.54) is 4.57 Å². The van der Waals surface area contributed by atoms with Crippen LogP contribution in [0.1, 0.15) is 45.1 Å². The van der Waals surface area contributed by atoms with Gasteiger partial charge in [0.25, 0.3) is 5.56 Å². The van der Waals surface area contributed by atoms with E-state index in [2.05, 4.69) is 4.98 Å². The molecule has 0 radical (unpaired) electrons. The zero-order valence-electron chi connectivity index (χ0n) is 15.2. The number of aromatic nitrogens is 3. The summed E-state index contributed by atoms with van der Waals surface area (Å²) >= 11 is 0. The first kappa shape index (κ1) is 16.8. The monoisotopic (exact) mass is 353 g/mol. The molecule has 1 fully saturated rings. The average molecular weight is 353 g/mol. The maximum atomic E-state index is 13.3. The van der Waals surface area contributed by atoms with Crippen LogP contribution in [0.3, 0.4) is 0 Å². The van der Waals surface area contributed by atoms with E-state index >= 15 is 0 Å². The third kappa shape index (κ3) is 2.43. The van der Waals surface area contributed by atoms with Crippen LogP contribution >= 0.6 is 0 Å². The first-order valence-corrected chi connectivity index (χ1v) is 9.28. The second-order valence-electron chi connectivity index (χ2n) is 6.92. The highest BCUT2D eigenvalue weighted by Crippen LogP contribution is 2.34. The lowest BCUT2D eigenvalue weighted by Gasteiger charge is -2.20. The van der Waals surface area contributed by atoms with E-state index in [0.717, 1.165) is 37.5 Å². The van der Waals surface area contributed by atoms with Crippen molar-refractivity contribution in [2.24, 2.45) is 0 Å². The quantitative estimate of drug-likeness (QED) is 0.675. The zero-order valence-corrected chi connectivity index (χ0v) is 15.2. The highest BCUT2D eigenvalue weighted by atomic mass is 16.5. The van der Waals surface area contributed by atoms with Gasteiger partial charge in [-0.25, -0.2) is 4.79 Å². The van der Waals surface area contributed by atoms with Crippen LogP contribution in [-0.2, 0) is 6.54 Å². The first-order chi connectivity index (χ1) is 12.7. The van der Waals surface area contributed by atoms with E-state index in [9.17, 15) is 9.59 Å². The van der Waals surface area contributed by atoms with E-state index in [1.54, 1.807) is 13.3 Å². The number of rotatable bonds is 4. The number of benzene rings is 1. The van der Waals surface area contributed by atoms with Crippen molar-refractivity contribution in [1.82, 2.24) is 14.1 Å². The Morgan fingerprint density at radius 3 is 2.65 bits per heavy atom. The molecule has 2 heterocycles. The summed E-state index contributed by atoms with van der Waals surface area (Å²) in [4.78, 5) is 30.7. The van der Waals surface area contributed by atoms with Crippen LogP contribution in [0.5, 0.6) is 5.75 Å². The molecule has 0 aliphatic heterocycles. The second kappa shape index (κ2) is 6.59. The molecule has 0 amide bonds. The van der Waals surface area contributed by atoms with Crippen LogP contribution in [0.4, 0.5) is 0 Å². The molecule has 3 aromatic rings. The van der Waals surface area contributed by atoms with Gasteiger partial charge in [0.2, 0.25) is 0 Å². The molecule has 6 nitrogen and oxygen atoms in total. The number of pyridine rings is 1. The SMILES string of the molecule is CCCn1c(=O)c2cnc3c(OC)cccc3c2n(C2CCCC2)c1=O. The van der Waals surface area contributed by atoms with Crippen LogP contribution in [0.2, 0.25) is 0 Å². The molecule has 0 saturated heterocycles. The van der Waals surface area contributed by atoms with Gasteiger partial charge in [-0.15, -0.1) is 0 Å². The van der Waals surface area contributed by atoms with Gasteiger partial charge in [-0.3, -0.25) is 18.9 Å². The van der Waals surface area contributed by atoms with Crippen molar-refractivity contribution in [3.63, 3.8) is 0 Å². The Morgan fingerprint density at radius 2 is 1.96 bits per heavy atom. The number of fused-ring (bicyclic) bond motifs is 3. The van der Waals surface area contributed by atoms with Gasteiger partial charge < -0.3 is 4.74 Å². The van der Waals surface area contributed by atoms with Crippen LogP contribution in [0, 0.1) is 0 Å². The summed E-state index contributed by atoms with van der Waals surface area (Å²) in [5.41, 5.74) is 0.925. The average Bonchev–Trinajstić information content (AvgIpc) is 3.18. The minimum atomic E-state index is -0.252. The maximum absolute atomic E-state index is 13.3. The van der Waals surface area contributed by atoms with Gasteiger partial charge in [-0.1, -0.05) is 31.9 Å². The smallest absolute Gasteiger partial charge is 0.331 e. The molecule has 136 valence electrons. The third-order valence-corrected chi connectivity index (χ3v) is 5.34. The van der Waals surface area contributed by atoms with Gasteiger partial charge in [0.15, 0.2) is 0 Å². The molecule has 4 rings (SSSR count). The summed E-state index contributed by atoms with van der Waals surface area (Å²) in [6, 6.07) is 5.77. The lowest BCUT2D eigenvalue weighted by atomic mass is 10.1. The van der Waals surface area contributed by atoms with Gasteiger partial charge in [0.05, 0.1) is 18.0 Å². The Kier molecular flexibility index (Phi) is 4.26. The van der Waals surface area contributed by atoms with E-state index in [0.29, 0.717) is 28.7 Å². The molecule has 1 saturated carbocycles. The summed E-state index contributed by atoms with van der Waals surface area (Å²) in [6.45, 7) is 2.40. The first-order valence-electron chi connectivity index (χ1n) is 9.28. The Hall–Kier alpha value is -2.63. The van der Waals surface area contributed by atoms with Crippen molar-refractivity contribution < 1.29 is 4.74 Å². The maximum Gasteiger partial charge on any atom is 0.331 e. The largest absolute Gasteiger partial charge is 0.494 e. The number of ether oxygens (including phenoxy) is 1. The molecule has 0 atom stereocenters. The van der Waals surface area contributed by atoms with Gasteiger partial charge >= 0.3 is 5.69 Å². The summed E-state index contributed by atoms with van der Waals surface area (Å²) in [6.07, 6.45) is 6.48. The minimum absolute atomic E-state index is 0.130. The predicted molar refractivity (Wildman–Crippen MR) is 102 cm³/mol. The standard InChI is InChI=1S/C20H23N3O3/c1-3-11-22-19(24)15-12-21-17-14(9-6-10-16(17)26-2)18(15)23(20(22)25)13-7-4-5-8-13/h6,9-10,12-13H,3-5,7-8,11H2,1-2H3. The molecule has 0 spiro atoms. The van der Waals surface area contributed by atoms with Gasteiger partial charge in [0, 0.05) is 24.2 Å². The third-order valence-electron chi connectivity index (χ3n) is 5.34. The molecule has 0 unspecified atom stereocenters. The van der Waals surface area contributed by atoms with Crippen molar-refractivity contribution in [2.75, 3.05) is 7.11 Å². The van der Waals surface area contributed by atoms with E-state index in [1.807, 2.05) is 29.7 Å². The highest BCUT2D eigenvalue weighted by molar-refractivity contribution is 6.04. The molecule has 1 aliphatic rings. The summed E-state index contributed by atoms with van der Waals surface area (Å²) in [5.74, 6) is 0.646. The second-order valence-corrected chi connectivity index (χ2v) is 6.92. The highest BCUT2D eigenvalue weighted by Gasteiger charge is 2.24. The molecule has 26 heavy (non-hydrogen) atoms. The fourth-order valence-corrected chi connectivity index (χ4v) is 4.14. The van der Waals surface area contributed by atoms with Crippen molar-refractivity contribution in [2.45, 2.75) is 51.6 Å². The fraction of sp³-hybridized carbons (Fsp3) is 0.450. The van der Waals surface area contributed by atoms with E-state index in [-0.39, 0.29) is 17.3 Å². The molecule has 2 aromatic heterocycles. The van der Waals surface area contributed by atoms with Crippen molar-refractivity contribution in [3.05, 3.63) is 45.2 Å². The van der Waals surface area contributed by atoms with Gasteiger partial charge in [0.1, 0.15) is 11.3 Å². The number of nitrogens with zero attached hydrogens (tertiary/aromatic N) is 3. The molecule has 0 bridgehead atoms. The van der Waals surface area contributed by atoms with Crippen molar-refractivity contribution >= 4 is 21.8 Å². The van der Waals surface area contributed by atoms with Crippen LogP contribution in [0.25, 0.3) is 21.8 Å². The Balaban J connectivity index is 2.20. The van der Waals surface area contributed by atoms with Crippen molar-refractivity contribution in [3.8, 4) is 5.75 Å². The van der Waals surface area contributed by atoms with E-state index < -0.39 is 0 Å². The van der Waals surface area contributed by atoms with Crippen LogP contribution in [0.15, 0.2) is 34.0 Å². The fourth-order valence-electron chi connectivity index (χ4n) is 4.14. The zero-order chi connectivity index (χ0) is 18.3. The topological polar surface area (TPSA) is 66.1 Å². The number of methoxy groups -OCH3 is 1. The number of hydrogen-bond donors (Lipinski definition) is 0. The molecule has 0 N–H and O–H groups in total. The summed E-state index contributed by atoms with van der Waals surface area (Å²) in [5, 5.41) is 1.30. The van der Waals surface area contributed by atoms with Crippen LogP contribution in [-0.4, -0.2) is 21.2 Å². The minimum Gasteiger partial charge on any atom is -0.494 e. The summed E-state index contributed by atoms with van der Waals surface area (Å²) in [7, 11) is 1.60. The Morgan fingerprint density at radius 1 is 1.19 bits per heavy atom. The van der Waals surface area contributed by atoms with Crippen LogP contribution < -0.4 is 16.0 Å². The molecular weight excluding hydrogens is 330 g/mol. The Labute approximate surface area is 151 Å². The molecule has 6 heteroatoms. The number of hydrogen-bond acceptors (Lipinski definition) is 4. The summed E-state index contributed by atoms with van der Waals surface area (Å²) < 4.78 is 8.65. The van der Waals surface area contributed by atoms with Gasteiger partial charge in [-0.2, -0.15) is 0 Å². The number of para-hydroxylation sites is 1. The predicted octanol–water partition coefficient (Wildman–Crippen LogP) is 3.25. The lowest BCUT2D eigenvalue weighted by Crippen LogP contribution is -2.41. The molecular formula is C20H23N3O3.